The van der Waals surface area contributed by atoms with Gasteiger partial charge in [0.25, 0.3) is 5.91 Å². The highest BCUT2D eigenvalue weighted by Crippen LogP contribution is 2.23. The molecule has 5 heteroatoms. The molecule has 1 N–H and O–H groups in total. The van der Waals surface area contributed by atoms with Crippen molar-refractivity contribution < 1.29 is 19.1 Å². The number of benzene rings is 1. The highest BCUT2D eigenvalue weighted by molar-refractivity contribution is 5.97. The van der Waals surface area contributed by atoms with Crippen LogP contribution < -0.4 is 10.1 Å². The summed E-state index contributed by atoms with van der Waals surface area (Å²) in [7, 11) is 1.51. The van der Waals surface area contributed by atoms with Gasteiger partial charge in [-0.2, -0.15) is 0 Å². The van der Waals surface area contributed by atoms with Gasteiger partial charge in [0.2, 0.25) is 0 Å². The number of anilines is 1. The molecule has 0 radical (unpaired) electrons. The van der Waals surface area contributed by atoms with Crippen LogP contribution in [0.25, 0.3) is 0 Å². The smallest absolute Gasteiger partial charge is 0.331 e. The van der Waals surface area contributed by atoms with E-state index >= 15 is 0 Å². The van der Waals surface area contributed by atoms with Crippen molar-refractivity contribution in [2.75, 3.05) is 12.4 Å². The predicted octanol–water partition coefficient (Wildman–Crippen LogP) is 2.14. The Morgan fingerprint density at radius 2 is 2.00 bits per heavy atom. The van der Waals surface area contributed by atoms with Gasteiger partial charge in [0.1, 0.15) is 5.75 Å². The van der Waals surface area contributed by atoms with Crippen molar-refractivity contribution >= 4 is 17.6 Å². The summed E-state index contributed by atoms with van der Waals surface area (Å²) in [5.41, 5.74) is 0.531. The van der Waals surface area contributed by atoms with Crippen molar-refractivity contribution in [3.63, 3.8) is 0 Å². The van der Waals surface area contributed by atoms with Crippen molar-refractivity contribution in [2.24, 2.45) is 0 Å². The highest BCUT2D eigenvalue weighted by Gasteiger charge is 2.17. The Balaban J connectivity index is 2.66. The van der Waals surface area contributed by atoms with Gasteiger partial charge in [-0.15, -0.1) is 0 Å². The van der Waals surface area contributed by atoms with Crippen LogP contribution in [0.4, 0.5) is 5.69 Å². The molecule has 0 heterocycles. The average molecular weight is 263 g/mol. The summed E-state index contributed by atoms with van der Waals surface area (Å²) in [6.45, 7) is 3.20. The zero-order valence-corrected chi connectivity index (χ0v) is 11.2. The molecule has 0 aliphatic rings. The molecule has 102 valence electrons. The third-order valence-corrected chi connectivity index (χ3v) is 2.33. The molecule has 5 nitrogen and oxygen atoms in total. The van der Waals surface area contributed by atoms with Crippen LogP contribution in [-0.4, -0.2) is 25.1 Å². The number of hydrogen-bond acceptors (Lipinski definition) is 4. The number of amides is 1. The Kier molecular flexibility index (Phi) is 5.60. The molecular formula is C14H17NO4. The zero-order valence-electron chi connectivity index (χ0n) is 11.2. The molecule has 0 saturated heterocycles. The second-order valence-electron chi connectivity index (χ2n) is 3.77. The predicted molar refractivity (Wildman–Crippen MR) is 72.0 cm³/mol. The molecule has 1 atom stereocenters. The summed E-state index contributed by atoms with van der Waals surface area (Å²) >= 11 is 0. The summed E-state index contributed by atoms with van der Waals surface area (Å²) < 4.78 is 10.0. The van der Waals surface area contributed by atoms with Crippen LogP contribution in [0.1, 0.15) is 13.8 Å². The number of carbonyl (C=O) groups is 2. The maximum atomic E-state index is 11.9. The molecule has 0 saturated carbocycles. The average Bonchev–Trinajstić information content (AvgIpc) is 2.39. The second-order valence-corrected chi connectivity index (χ2v) is 3.77. The number of nitrogens with one attached hydrogen (secondary N) is 1. The van der Waals surface area contributed by atoms with Gasteiger partial charge in [0.15, 0.2) is 6.10 Å². The van der Waals surface area contributed by atoms with Gasteiger partial charge in [0.05, 0.1) is 12.8 Å². The lowest BCUT2D eigenvalue weighted by Gasteiger charge is -2.14. The van der Waals surface area contributed by atoms with Crippen LogP contribution in [0, 0.1) is 0 Å². The lowest BCUT2D eigenvalue weighted by molar-refractivity contribution is -0.148. The molecule has 1 amide bonds. The molecule has 0 fully saturated rings. The van der Waals surface area contributed by atoms with E-state index in [-0.39, 0.29) is 0 Å². The normalized spacial score (nSPS) is 11.9. The van der Waals surface area contributed by atoms with Crippen LogP contribution in [0.2, 0.25) is 0 Å². The molecule has 0 aliphatic carbocycles. The van der Waals surface area contributed by atoms with Crippen LogP contribution in [0.5, 0.6) is 5.75 Å². The minimum atomic E-state index is -0.881. The standard InChI is InChI=1S/C14H17NO4/c1-4-7-13(16)19-10(2)14(17)15-11-8-5-6-9-12(11)18-3/h4-10H,1-3H3,(H,15,17)/b7-4+. The maximum Gasteiger partial charge on any atom is 0.331 e. The van der Waals surface area contributed by atoms with Crippen LogP contribution >= 0.6 is 0 Å². The van der Waals surface area contributed by atoms with Gasteiger partial charge in [-0.3, -0.25) is 4.79 Å². The zero-order chi connectivity index (χ0) is 14.3. The van der Waals surface area contributed by atoms with Gasteiger partial charge in [0, 0.05) is 6.08 Å². The summed E-state index contributed by atoms with van der Waals surface area (Å²) in [5, 5.41) is 2.64. The van der Waals surface area contributed by atoms with Gasteiger partial charge < -0.3 is 14.8 Å². The van der Waals surface area contributed by atoms with E-state index in [9.17, 15) is 9.59 Å². The summed E-state index contributed by atoms with van der Waals surface area (Å²) in [6.07, 6.45) is 1.92. The van der Waals surface area contributed by atoms with Crippen molar-refractivity contribution in [1.82, 2.24) is 0 Å². The van der Waals surface area contributed by atoms with E-state index in [1.54, 1.807) is 37.3 Å². The number of hydrogen-bond donors (Lipinski definition) is 1. The quantitative estimate of drug-likeness (QED) is 0.653. The van der Waals surface area contributed by atoms with Crippen molar-refractivity contribution in [1.29, 1.82) is 0 Å². The van der Waals surface area contributed by atoms with Gasteiger partial charge in [-0.25, -0.2) is 4.79 Å². The third kappa shape index (κ3) is 4.46. The molecule has 0 spiro atoms. The summed E-state index contributed by atoms with van der Waals surface area (Å²) in [6, 6.07) is 7.00. The summed E-state index contributed by atoms with van der Waals surface area (Å²) in [5.74, 6) is -0.421. The summed E-state index contributed by atoms with van der Waals surface area (Å²) in [4.78, 5) is 23.1. The minimum Gasteiger partial charge on any atom is -0.495 e. The number of carbonyl (C=O) groups excluding carboxylic acids is 2. The highest BCUT2D eigenvalue weighted by atomic mass is 16.5. The van der Waals surface area contributed by atoms with Gasteiger partial charge in [-0.1, -0.05) is 18.2 Å². The Bertz CT molecular complexity index is 482. The van der Waals surface area contributed by atoms with Crippen LogP contribution in [-0.2, 0) is 14.3 Å². The SMILES string of the molecule is C/C=C/C(=O)OC(C)C(=O)Nc1ccccc1OC. The van der Waals surface area contributed by atoms with Crippen molar-refractivity contribution in [2.45, 2.75) is 20.0 Å². The first-order chi connectivity index (χ1) is 9.08. The van der Waals surface area contributed by atoms with Gasteiger partial charge in [-0.05, 0) is 26.0 Å². The number of para-hydroxylation sites is 2. The molecular weight excluding hydrogens is 246 g/mol. The van der Waals surface area contributed by atoms with E-state index in [1.807, 2.05) is 0 Å². The van der Waals surface area contributed by atoms with E-state index < -0.39 is 18.0 Å². The van der Waals surface area contributed by atoms with Crippen molar-refractivity contribution in [3.8, 4) is 5.75 Å². The fraction of sp³-hybridized carbons (Fsp3) is 0.286. The molecule has 1 aromatic rings. The van der Waals surface area contributed by atoms with Gasteiger partial charge >= 0.3 is 5.97 Å². The van der Waals surface area contributed by atoms with Crippen LogP contribution in [0.3, 0.4) is 0 Å². The molecule has 1 aromatic carbocycles. The van der Waals surface area contributed by atoms with Crippen molar-refractivity contribution in [3.05, 3.63) is 36.4 Å². The lowest BCUT2D eigenvalue weighted by atomic mass is 10.2. The third-order valence-electron chi connectivity index (χ3n) is 2.33. The maximum absolute atomic E-state index is 11.9. The Morgan fingerprint density at radius 3 is 2.63 bits per heavy atom. The van der Waals surface area contributed by atoms with E-state index in [0.717, 1.165) is 0 Å². The molecule has 1 unspecified atom stereocenters. The van der Waals surface area contributed by atoms with E-state index in [4.69, 9.17) is 9.47 Å². The van der Waals surface area contributed by atoms with E-state index in [2.05, 4.69) is 5.32 Å². The fourth-order valence-corrected chi connectivity index (χ4v) is 1.39. The molecule has 1 rings (SSSR count). The number of rotatable bonds is 5. The Labute approximate surface area is 112 Å². The first-order valence-electron chi connectivity index (χ1n) is 5.85. The lowest BCUT2D eigenvalue weighted by Crippen LogP contribution is -2.29. The number of methoxy groups -OCH3 is 1. The molecule has 19 heavy (non-hydrogen) atoms. The first kappa shape index (κ1) is 14.8. The van der Waals surface area contributed by atoms with E-state index in [0.29, 0.717) is 11.4 Å². The largest absolute Gasteiger partial charge is 0.495 e. The minimum absolute atomic E-state index is 0.414. The second kappa shape index (κ2) is 7.20. The Hall–Kier alpha value is -2.30. The Morgan fingerprint density at radius 1 is 1.32 bits per heavy atom. The fourth-order valence-electron chi connectivity index (χ4n) is 1.39. The molecule has 0 aromatic heterocycles. The number of ether oxygens (including phenoxy) is 2. The molecule has 0 aliphatic heterocycles. The number of esters is 1. The van der Waals surface area contributed by atoms with Crippen LogP contribution in [0.15, 0.2) is 36.4 Å². The topological polar surface area (TPSA) is 64.6 Å². The first-order valence-corrected chi connectivity index (χ1v) is 5.85. The monoisotopic (exact) mass is 263 g/mol. The molecule has 0 bridgehead atoms. The number of allylic oxidation sites excluding steroid dienone is 1. The van der Waals surface area contributed by atoms with E-state index in [1.165, 1.54) is 20.1 Å².